The second-order valence-electron chi connectivity index (χ2n) is 1.54. The minimum Gasteiger partial charge on any atom is -0.507 e. The molecule has 0 saturated carbocycles. The monoisotopic (exact) mass is 130 g/mol. The van der Waals surface area contributed by atoms with Gasteiger partial charge in [0.25, 0.3) is 0 Å². The van der Waals surface area contributed by atoms with E-state index in [0.29, 0.717) is 4.91 Å². The van der Waals surface area contributed by atoms with Crippen LogP contribution in [0.5, 0.6) is 0 Å². The number of allylic oxidation sites excluding steroid dienone is 2. The molecule has 1 aliphatic heterocycles. The number of rotatable bonds is 0. The highest BCUT2D eigenvalue weighted by Gasteiger charge is 2.08. The van der Waals surface area contributed by atoms with Crippen LogP contribution in [0.1, 0.15) is 6.92 Å². The van der Waals surface area contributed by atoms with Gasteiger partial charge >= 0.3 is 0 Å². The SMILES string of the molecule is CC1=C(O)C=CS1=O. The van der Waals surface area contributed by atoms with Crippen LogP contribution in [0.3, 0.4) is 0 Å². The predicted octanol–water partition coefficient (Wildman–Crippen LogP) is 1.05. The van der Waals surface area contributed by atoms with E-state index >= 15 is 0 Å². The van der Waals surface area contributed by atoms with Crippen molar-refractivity contribution in [3.8, 4) is 0 Å². The first-order valence-electron chi connectivity index (χ1n) is 2.20. The third kappa shape index (κ3) is 0.690. The fraction of sp³-hybridized carbons (Fsp3) is 0.200. The molecule has 1 unspecified atom stereocenters. The first kappa shape index (κ1) is 5.56. The Morgan fingerprint density at radius 1 is 1.75 bits per heavy atom. The molecule has 1 heterocycles. The van der Waals surface area contributed by atoms with Crippen LogP contribution in [0.15, 0.2) is 22.1 Å². The van der Waals surface area contributed by atoms with Crippen molar-refractivity contribution in [2.75, 3.05) is 0 Å². The van der Waals surface area contributed by atoms with Gasteiger partial charge in [-0.25, -0.2) is 4.21 Å². The zero-order valence-corrected chi connectivity index (χ0v) is 5.23. The standard InChI is InChI=1S/C5H6O2S/c1-4-5(6)2-3-8(4)7/h2-3,6H,1H3. The summed E-state index contributed by atoms with van der Waals surface area (Å²) < 4.78 is 10.6. The molecule has 1 rings (SSSR count). The molecule has 0 aromatic carbocycles. The van der Waals surface area contributed by atoms with E-state index < -0.39 is 10.8 Å². The normalized spacial score (nSPS) is 27.4. The lowest BCUT2D eigenvalue weighted by atomic mass is 10.5. The lowest BCUT2D eigenvalue weighted by molar-refractivity contribution is 0.431. The molecule has 1 N–H and O–H groups in total. The van der Waals surface area contributed by atoms with E-state index in [1.807, 2.05) is 0 Å². The summed E-state index contributed by atoms with van der Waals surface area (Å²) in [4.78, 5) is 0.546. The lowest BCUT2D eigenvalue weighted by Gasteiger charge is -1.86. The van der Waals surface area contributed by atoms with Gasteiger partial charge in [-0.15, -0.1) is 0 Å². The van der Waals surface area contributed by atoms with Gasteiger partial charge in [0.1, 0.15) is 5.76 Å². The van der Waals surface area contributed by atoms with Gasteiger partial charge in [0, 0.05) is 5.41 Å². The number of aliphatic hydroxyl groups excluding tert-OH is 1. The average Bonchev–Trinajstić information content (AvgIpc) is 1.98. The molecule has 8 heavy (non-hydrogen) atoms. The van der Waals surface area contributed by atoms with E-state index in [2.05, 4.69) is 0 Å². The largest absolute Gasteiger partial charge is 0.507 e. The van der Waals surface area contributed by atoms with E-state index in [1.165, 1.54) is 11.5 Å². The van der Waals surface area contributed by atoms with Crippen molar-refractivity contribution in [1.29, 1.82) is 0 Å². The maximum atomic E-state index is 10.6. The summed E-state index contributed by atoms with van der Waals surface area (Å²) in [5, 5.41) is 10.2. The highest BCUT2D eigenvalue weighted by Crippen LogP contribution is 2.15. The third-order valence-corrected chi connectivity index (χ3v) is 2.21. The van der Waals surface area contributed by atoms with Gasteiger partial charge in [0.05, 0.1) is 15.7 Å². The predicted molar refractivity (Wildman–Crippen MR) is 32.6 cm³/mol. The zero-order chi connectivity index (χ0) is 6.15. The molecule has 0 saturated heterocycles. The van der Waals surface area contributed by atoms with Gasteiger partial charge in [0.15, 0.2) is 0 Å². The Morgan fingerprint density at radius 3 is 2.50 bits per heavy atom. The second kappa shape index (κ2) is 1.74. The molecule has 0 aliphatic carbocycles. The Kier molecular flexibility index (Phi) is 1.21. The highest BCUT2D eigenvalue weighted by atomic mass is 32.2. The van der Waals surface area contributed by atoms with Gasteiger partial charge in [-0.05, 0) is 13.0 Å². The zero-order valence-electron chi connectivity index (χ0n) is 4.42. The van der Waals surface area contributed by atoms with Gasteiger partial charge < -0.3 is 5.11 Å². The molecule has 1 atom stereocenters. The molecule has 0 aromatic rings. The van der Waals surface area contributed by atoms with Crippen molar-refractivity contribution >= 4 is 10.8 Å². The maximum absolute atomic E-state index is 10.6. The summed E-state index contributed by atoms with van der Waals surface area (Å²) in [7, 11) is -1.05. The van der Waals surface area contributed by atoms with Gasteiger partial charge in [-0.3, -0.25) is 0 Å². The smallest absolute Gasteiger partial charge is 0.128 e. The van der Waals surface area contributed by atoms with Crippen molar-refractivity contribution < 1.29 is 9.32 Å². The average molecular weight is 130 g/mol. The van der Waals surface area contributed by atoms with Crippen molar-refractivity contribution in [1.82, 2.24) is 0 Å². The van der Waals surface area contributed by atoms with Gasteiger partial charge in [-0.2, -0.15) is 0 Å². The van der Waals surface area contributed by atoms with Crippen LogP contribution < -0.4 is 0 Å². The number of aliphatic hydroxyl groups is 1. The van der Waals surface area contributed by atoms with Crippen molar-refractivity contribution in [3.63, 3.8) is 0 Å². The lowest BCUT2D eigenvalue weighted by Crippen LogP contribution is -1.81. The Labute approximate surface area is 50.0 Å². The summed E-state index contributed by atoms with van der Waals surface area (Å²) in [6.07, 6.45) is 1.45. The maximum Gasteiger partial charge on any atom is 0.128 e. The van der Waals surface area contributed by atoms with Crippen LogP contribution >= 0.6 is 0 Å². The van der Waals surface area contributed by atoms with E-state index in [1.54, 1.807) is 6.92 Å². The molecular formula is C5H6O2S. The molecule has 0 fully saturated rings. The Balaban J connectivity index is 3.02. The van der Waals surface area contributed by atoms with Crippen molar-refractivity contribution in [2.24, 2.45) is 0 Å². The summed E-state index contributed by atoms with van der Waals surface area (Å²) in [5.74, 6) is 0.142. The first-order valence-corrected chi connectivity index (χ1v) is 3.42. The molecule has 0 amide bonds. The van der Waals surface area contributed by atoms with Crippen molar-refractivity contribution in [2.45, 2.75) is 6.92 Å². The molecule has 1 aliphatic rings. The van der Waals surface area contributed by atoms with E-state index in [0.717, 1.165) is 0 Å². The van der Waals surface area contributed by atoms with Crippen LogP contribution in [0, 0.1) is 0 Å². The second-order valence-corrected chi connectivity index (χ2v) is 3.02. The van der Waals surface area contributed by atoms with Crippen molar-refractivity contribution in [3.05, 3.63) is 22.1 Å². The third-order valence-electron chi connectivity index (χ3n) is 1.01. The summed E-state index contributed by atoms with van der Waals surface area (Å²) in [6, 6.07) is 0. The summed E-state index contributed by atoms with van der Waals surface area (Å²) in [6.45, 7) is 1.64. The van der Waals surface area contributed by atoms with Crippen LogP contribution in [-0.2, 0) is 10.8 Å². The molecule has 0 aromatic heterocycles. The quantitative estimate of drug-likeness (QED) is 0.532. The summed E-state index contributed by atoms with van der Waals surface area (Å²) in [5.41, 5.74) is 0. The van der Waals surface area contributed by atoms with Gasteiger partial charge in [-0.1, -0.05) is 0 Å². The molecule has 0 radical (unpaired) electrons. The minimum atomic E-state index is -1.05. The molecule has 3 heteroatoms. The van der Waals surface area contributed by atoms with Crippen LogP contribution in [-0.4, -0.2) is 9.32 Å². The molecule has 2 nitrogen and oxygen atoms in total. The molecular weight excluding hydrogens is 124 g/mol. The number of hydrogen-bond donors (Lipinski definition) is 1. The first-order chi connectivity index (χ1) is 3.72. The van der Waals surface area contributed by atoms with E-state index in [4.69, 9.17) is 5.11 Å². The topological polar surface area (TPSA) is 37.3 Å². The minimum absolute atomic E-state index is 0.142. The Bertz CT molecular complexity index is 187. The highest BCUT2D eigenvalue weighted by molar-refractivity contribution is 7.92. The molecule has 0 spiro atoms. The van der Waals surface area contributed by atoms with Crippen LogP contribution in [0.25, 0.3) is 0 Å². The Hall–Kier alpha value is -0.570. The van der Waals surface area contributed by atoms with E-state index in [9.17, 15) is 4.21 Å². The molecule has 44 valence electrons. The van der Waals surface area contributed by atoms with Gasteiger partial charge in [0.2, 0.25) is 0 Å². The van der Waals surface area contributed by atoms with E-state index in [-0.39, 0.29) is 5.76 Å². The Morgan fingerprint density at radius 2 is 2.38 bits per heavy atom. The fourth-order valence-corrected chi connectivity index (χ4v) is 1.18. The summed E-state index contributed by atoms with van der Waals surface area (Å²) >= 11 is 0. The van der Waals surface area contributed by atoms with Crippen LogP contribution in [0.2, 0.25) is 0 Å². The number of hydrogen-bond acceptors (Lipinski definition) is 2. The fourth-order valence-electron chi connectivity index (χ4n) is 0.449. The molecule has 0 bridgehead atoms. The van der Waals surface area contributed by atoms with Crippen LogP contribution in [0.4, 0.5) is 0 Å².